The van der Waals surface area contributed by atoms with Crippen molar-refractivity contribution in [2.75, 3.05) is 13.2 Å². The lowest BCUT2D eigenvalue weighted by molar-refractivity contribution is -0.278. The summed E-state index contributed by atoms with van der Waals surface area (Å²) in [6.07, 6.45) is 3.22. The molecule has 266 valence electrons. The van der Waals surface area contributed by atoms with Crippen molar-refractivity contribution in [1.29, 1.82) is 0 Å². The van der Waals surface area contributed by atoms with Gasteiger partial charge >= 0.3 is 19.8 Å². The molecule has 0 aromatic heterocycles. The van der Waals surface area contributed by atoms with Crippen molar-refractivity contribution >= 4 is 19.8 Å². The zero-order valence-corrected chi connectivity index (χ0v) is 28.1. The van der Waals surface area contributed by atoms with Gasteiger partial charge in [-0.05, 0) is 42.7 Å². The summed E-state index contributed by atoms with van der Waals surface area (Å²) in [5, 5.41) is 21.2. The molecule has 1 aliphatic rings. The van der Waals surface area contributed by atoms with E-state index in [-0.39, 0.29) is 17.9 Å². The van der Waals surface area contributed by atoms with Gasteiger partial charge in [0, 0.05) is 12.6 Å². The van der Waals surface area contributed by atoms with Gasteiger partial charge in [-0.3, -0.25) is 4.52 Å². The molecule has 48 heavy (non-hydrogen) atoms. The lowest BCUT2D eigenvalue weighted by atomic mass is 9.99. The fourth-order valence-corrected chi connectivity index (χ4v) is 5.69. The number of carbonyl (C=O) groups excluding carboxylic acids is 2. The van der Waals surface area contributed by atoms with Crippen LogP contribution >= 0.6 is 7.82 Å². The molecule has 1 aliphatic heterocycles. The van der Waals surface area contributed by atoms with Crippen molar-refractivity contribution in [1.82, 2.24) is 0 Å². The second-order valence-corrected chi connectivity index (χ2v) is 12.8. The van der Waals surface area contributed by atoms with Crippen LogP contribution in [-0.4, -0.2) is 75.8 Å². The summed E-state index contributed by atoms with van der Waals surface area (Å²) in [5.74, 6) is -1.45. The molecule has 3 rings (SSSR count). The number of allylic oxidation sites excluding steroid dienone is 1. The number of esters is 2. The summed E-state index contributed by atoms with van der Waals surface area (Å²) in [6.45, 7) is 1.60. The van der Waals surface area contributed by atoms with Gasteiger partial charge in [-0.25, -0.2) is 14.2 Å². The first-order chi connectivity index (χ1) is 23.0. The molecular weight excluding hydrogens is 645 g/mol. The van der Waals surface area contributed by atoms with Gasteiger partial charge in [0.2, 0.25) is 6.29 Å². The minimum atomic E-state index is -5.27. The van der Waals surface area contributed by atoms with E-state index in [2.05, 4.69) is 6.92 Å². The Kier molecular flexibility index (Phi) is 16.7. The molecule has 14 heteroatoms. The van der Waals surface area contributed by atoms with Crippen LogP contribution in [0, 0.1) is 0 Å². The summed E-state index contributed by atoms with van der Waals surface area (Å²) in [7, 11) is -5.27. The third kappa shape index (κ3) is 13.4. The van der Waals surface area contributed by atoms with Crippen LogP contribution in [0.2, 0.25) is 0 Å². The van der Waals surface area contributed by atoms with Crippen molar-refractivity contribution in [3.63, 3.8) is 0 Å². The molecule has 0 radical (unpaired) electrons. The van der Waals surface area contributed by atoms with Crippen molar-refractivity contribution in [3.05, 3.63) is 77.9 Å². The predicted molar refractivity (Wildman–Crippen MR) is 176 cm³/mol. The maximum Gasteiger partial charge on any atom is 0.470 e. The standard InChI is InChI=1S/C34H48NO12P/c1-2-3-4-5-6-7-8-9-10-14-17-29(37)46-32-31(47-48(40,41)42)30(38)28(23-43-33(39)25-15-12-11-13-16-25)45-34(32)44-26-20-18-24(19-21-26)27(36)22-35/h11-21,27-28,30-32,34,36,38H,2-10,22-23,35H2,1H3,(H2,40,41,42)/b17-14+. The Morgan fingerprint density at radius 3 is 2.23 bits per heavy atom. The first-order valence-corrected chi connectivity index (χ1v) is 17.9. The van der Waals surface area contributed by atoms with Crippen molar-refractivity contribution < 1.29 is 57.6 Å². The number of aliphatic hydroxyl groups excluding tert-OH is 2. The first-order valence-electron chi connectivity index (χ1n) is 16.3. The van der Waals surface area contributed by atoms with Gasteiger partial charge in [0.1, 0.15) is 30.7 Å². The van der Waals surface area contributed by atoms with E-state index >= 15 is 0 Å². The summed E-state index contributed by atoms with van der Waals surface area (Å²) in [6, 6.07) is 14.1. The number of aliphatic hydroxyl groups is 2. The average molecular weight is 694 g/mol. The van der Waals surface area contributed by atoms with Crippen LogP contribution in [0.3, 0.4) is 0 Å². The third-order valence-corrected chi connectivity index (χ3v) is 8.25. The van der Waals surface area contributed by atoms with E-state index in [0.717, 1.165) is 19.3 Å². The average Bonchev–Trinajstić information content (AvgIpc) is 3.07. The van der Waals surface area contributed by atoms with E-state index in [1.807, 2.05) is 0 Å². The Morgan fingerprint density at radius 1 is 0.958 bits per heavy atom. The van der Waals surface area contributed by atoms with E-state index in [4.69, 9.17) is 29.2 Å². The van der Waals surface area contributed by atoms with Gasteiger partial charge in [0.25, 0.3) is 0 Å². The number of unbranched alkanes of at least 4 members (excludes halogenated alkanes) is 8. The maximum atomic E-state index is 12.9. The molecule has 0 amide bonds. The second-order valence-electron chi connectivity index (χ2n) is 11.6. The van der Waals surface area contributed by atoms with Gasteiger partial charge in [-0.2, -0.15) is 0 Å². The molecule has 2 aromatic carbocycles. The second kappa shape index (κ2) is 20.4. The molecule has 6 N–H and O–H groups in total. The van der Waals surface area contributed by atoms with Crippen molar-refractivity contribution in [3.8, 4) is 5.75 Å². The molecule has 2 aromatic rings. The molecule has 0 aliphatic carbocycles. The summed E-state index contributed by atoms with van der Waals surface area (Å²) < 4.78 is 39.6. The summed E-state index contributed by atoms with van der Waals surface area (Å²) in [5.41, 5.74) is 6.26. The van der Waals surface area contributed by atoms with E-state index in [0.29, 0.717) is 12.0 Å². The molecule has 0 bridgehead atoms. The third-order valence-electron chi connectivity index (χ3n) is 7.74. The number of phosphoric ester groups is 1. The maximum absolute atomic E-state index is 12.9. The number of ether oxygens (including phenoxy) is 4. The highest BCUT2D eigenvalue weighted by Crippen LogP contribution is 2.42. The Morgan fingerprint density at radius 2 is 1.60 bits per heavy atom. The minimum absolute atomic E-state index is 0.0147. The van der Waals surface area contributed by atoms with E-state index in [1.165, 1.54) is 62.4 Å². The van der Waals surface area contributed by atoms with Gasteiger partial charge in [0.05, 0.1) is 11.7 Å². The smallest absolute Gasteiger partial charge is 0.461 e. The number of nitrogens with two attached hydrogens (primary N) is 1. The van der Waals surface area contributed by atoms with E-state index in [9.17, 15) is 34.2 Å². The van der Waals surface area contributed by atoms with Crippen LogP contribution in [0.5, 0.6) is 5.75 Å². The first kappa shape index (κ1) is 39.3. The fraction of sp³-hybridized carbons (Fsp3) is 0.529. The Balaban J connectivity index is 1.75. The molecule has 6 atom stereocenters. The molecular formula is C34H48NO12P. The largest absolute Gasteiger partial charge is 0.470 e. The van der Waals surface area contributed by atoms with Gasteiger partial charge < -0.3 is 44.7 Å². The number of rotatable bonds is 20. The predicted octanol–water partition coefficient (Wildman–Crippen LogP) is 4.48. The van der Waals surface area contributed by atoms with Gasteiger partial charge in [-0.1, -0.05) is 88.3 Å². The van der Waals surface area contributed by atoms with Crippen LogP contribution < -0.4 is 10.5 Å². The van der Waals surface area contributed by atoms with Gasteiger partial charge in [0.15, 0.2) is 6.10 Å². The lowest BCUT2D eigenvalue weighted by Gasteiger charge is -2.43. The van der Waals surface area contributed by atoms with Crippen LogP contribution in [0.1, 0.15) is 86.7 Å². The zero-order valence-electron chi connectivity index (χ0n) is 27.2. The zero-order chi connectivity index (χ0) is 34.9. The van der Waals surface area contributed by atoms with Crippen LogP contribution in [0.25, 0.3) is 0 Å². The topological polar surface area (TPSA) is 204 Å². The molecule has 1 fully saturated rings. The van der Waals surface area contributed by atoms with E-state index < -0.39 is 63.2 Å². The summed E-state index contributed by atoms with van der Waals surface area (Å²) >= 11 is 0. The molecule has 0 spiro atoms. The number of hydrogen-bond acceptors (Lipinski definition) is 11. The number of benzene rings is 2. The highest BCUT2D eigenvalue weighted by molar-refractivity contribution is 7.46. The minimum Gasteiger partial charge on any atom is -0.461 e. The van der Waals surface area contributed by atoms with E-state index in [1.54, 1.807) is 36.4 Å². The van der Waals surface area contributed by atoms with Crippen LogP contribution in [-0.2, 0) is 28.1 Å². The Labute approximate surface area is 281 Å². The fourth-order valence-electron chi connectivity index (χ4n) is 5.13. The highest BCUT2D eigenvalue weighted by Gasteiger charge is 2.52. The molecule has 13 nitrogen and oxygen atoms in total. The normalized spacial score (nSPS) is 21.9. The molecule has 0 saturated carbocycles. The lowest BCUT2D eigenvalue weighted by Crippen LogP contribution is -2.62. The summed E-state index contributed by atoms with van der Waals surface area (Å²) in [4.78, 5) is 44.9. The van der Waals surface area contributed by atoms with Crippen molar-refractivity contribution in [2.24, 2.45) is 5.73 Å². The number of phosphoric acid groups is 1. The molecule has 1 saturated heterocycles. The quantitative estimate of drug-likeness (QED) is 0.0563. The molecule has 6 unspecified atom stereocenters. The van der Waals surface area contributed by atoms with Gasteiger partial charge in [-0.15, -0.1) is 0 Å². The molecule has 1 heterocycles. The Bertz CT molecular complexity index is 1320. The van der Waals surface area contributed by atoms with Crippen molar-refractivity contribution in [2.45, 2.75) is 102 Å². The highest BCUT2D eigenvalue weighted by atomic mass is 31.2. The number of carbonyl (C=O) groups is 2. The van der Waals surface area contributed by atoms with Crippen LogP contribution in [0.4, 0.5) is 0 Å². The number of hydrogen-bond donors (Lipinski definition) is 5. The Hall–Kier alpha value is -3.13. The monoisotopic (exact) mass is 693 g/mol. The van der Waals surface area contributed by atoms with Crippen LogP contribution in [0.15, 0.2) is 66.7 Å². The SMILES string of the molecule is CCCCCCCCCC/C=C/C(=O)OC1C(Oc2ccc(C(O)CN)cc2)OC(COC(=O)c2ccccc2)C(O)C1OP(=O)(O)O.